The van der Waals surface area contributed by atoms with Crippen molar-refractivity contribution in [1.29, 1.82) is 0 Å². The number of rotatable bonds is 5. The lowest BCUT2D eigenvalue weighted by molar-refractivity contribution is -0.274. The molecule has 0 amide bonds. The van der Waals surface area contributed by atoms with Crippen LogP contribution in [0.1, 0.15) is 20.8 Å². The summed E-state index contributed by atoms with van der Waals surface area (Å²) in [5, 5.41) is 9.48. The molecule has 1 N–H and O–H groups in total. The molecule has 4 nitrogen and oxygen atoms in total. The zero-order valence-electron chi connectivity index (χ0n) is 14.1. The van der Waals surface area contributed by atoms with Crippen molar-refractivity contribution < 1.29 is 45.7 Å². The van der Waals surface area contributed by atoms with Crippen molar-refractivity contribution >= 4 is 27.4 Å². The first-order valence-electron chi connectivity index (χ1n) is 7.78. The molecule has 0 spiro atoms. The van der Waals surface area contributed by atoms with Gasteiger partial charge in [0.25, 0.3) is 0 Å². The first-order valence-corrected chi connectivity index (χ1v) is 8.60. The first kappa shape index (κ1) is 20.8. The van der Waals surface area contributed by atoms with Crippen molar-refractivity contribution in [2.24, 2.45) is 0 Å². The van der Waals surface area contributed by atoms with Gasteiger partial charge in [0.2, 0.25) is 0 Å². The SMILES string of the molecule is O=C(O)c1ccc2cc(C(F)(F)F)sc2c1OCc1ccc(OC(F)(F)F)cc1. The number of alkyl halides is 6. The number of carboxylic acids is 1. The molecule has 0 radical (unpaired) electrons. The zero-order valence-corrected chi connectivity index (χ0v) is 14.9. The predicted octanol–water partition coefficient (Wildman–Crippen LogP) is 6.10. The minimum absolute atomic E-state index is 0.00856. The minimum atomic E-state index is -4.85. The molecule has 0 saturated heterocycles. The van der Waals surface area contributed by atoms with Crippen molar-refractivity contribution in [3.8, 4) is 11.5 Å². The molecule has 2 aromatic carbocycles. The Hall–Kier alpha value is -2.95. The topological polar surface area (TPSA) is 55.8 Å². The molecule has 154 valence electrons. The molecule has 0 fully saturated rings. The summed E-state index contributed by atoms with van der Waals surface area (Å²) in [5.41, 5.74) is 0.0329. The van der Waals surface area contributed by atoms with Gasteiger partial charge in [-0.15, -0.1) is 24.5 Å². The van der Waals surface area contributed by atoms with Crippen molar-refractivity contribution in [3.63, 3.8) is 0 Å². The highest BCUT2D eigenvalue weighted by atomic mass is 32.1. The van der Waals surface area contributed by atoms with Crippen LogP contribution in [-0.4, -0.2) is 17.4 Å². The molecule has 29 heavy (non-hydrogen) atoms. The van der Waals surface area contributed by atoms with E-state index in [1.54, 1.807) is 0 Å². The fourth-order valence-electron chi connectivity index (χ4n) is 2.47. The molecule has 0 aliphatic carbocycles. The highest BCUT2D eigenvalue weighted by Gasteiger charge is 2.34. The van der Waals surface area contributed by atoms with Gasteiger partial charge in [-0.25, -0.2) is 4.79 Å². The lowest BCUT2D eigenvalue weighted by Crippen LogP contribution is -2.17. The number of aromatic carboxylic acids is 1. The van der Waals surface area contributed by atoms with E-state index in [0.717, 1.165) is 24.3 Å². The van der Waals surface area contributed by atoms with Crippen LogP contribution in [0.3, 0.4) is 0 Å². The van der Waals surface area contributed by atoms with Crippen LogP contribution in [0, 0.1) is 0 Å². The number of benzene rings is 2. The first-order chi connectivity index (χ1) is 13.4. The Labute approximate surface area is 162 Å². The van der Waals surface area contributed by atoms with Gasteiger partial charge in [0.1, 0.15) is 22.8 Å². The normalized spacial score (nSPS) is 12.2. The summed E-state index contributed by atoms with van der Waals surface area (Å²) in [5.74, 6) is -2.09. The standard InChI is InChI=1S/C18H10F6O4S/c19-17(20,21)13-7-10-3-6-12(16(25)26)14(15(10)29-13)27-8-9-1-4-11(5-2-9)28-18(22,23)24/h1-7H,8H2,(H,25,26). The summed E-state index contributed by atoms with van der Waals surface area (Å²) in [4.78, 5) is 10.5. The van der Waals surface area contributed by atoms with E-state index in [2.05, 4.69) is 4.74 Å². The summed E-state index contributed by atoms with van der Waals surface area (Å²) in [6, 6.07) is 7.87. The van der Waals surface area contributed by atoms with Gasteiger partial charge in [0, 0.05) is 0 Å². The summed E-state index contributed by atoms with van der Waals surface area (Å²) in [6.07, 6.45) is -9.45. The number of carboxylic acid groups (broad SMARTS) is 1. The number of thiophene rings is 1. The van der Waals surface area contributed by atoms with Crippen LogP contribution >= 0.6 is 11.3 Å². The van der Waals surface area contributed by atoms with Gasteiger partial charge in [0.15, 0.2) is 5.75 Å². The second-order valence-corrected chi connectivity index (χ2v) is 6.81. The Kier molecular flexibility index (Phi) is 5.35. The maximum absolute atomic E-state index is 13.0. The van der Waals surface area contributed by atoms with Crippen LogP contribution in [0.25, 0.3) is 10.1 Å². The zero-order chi connectivity index (χ0) is 21.4. The van der Waals surface area contributed by atoms with E-state index >= 15 is 0 Å². The van der Waals surface area contributed by atoms with E-state index in [-0.39, 0.29) is 28.0 Å². The number of hydrogen-bond donors (Lipinski definition) is 1. The molecule has 0 bridgehead atoms. The Morgan fingerprint density at radius 2 is 1.66 bits per heavy atom. The van der Waals surface area contributed by atoms with E-state index in [0.29, 0.717) is 16.9 Å². The maximum Gasteiger partial charge on any atom is 0.573 e. The van der Waals surface area contributed by atoms with Gasteiger partial charge >= 0.3 is 18.5 Å². The van der Waals surface area contributed by atoms with E-state index < -0.39 is 29.1 Å². The number of hydrogen-bond acceptors (Lipinski definition) is 4. The molecular formula is C18H10F6O4S. The second-order valence-electron chi connectivity index (χ2n) is 5.75. The largest absolute Gasteiger partial charge is 0.573 e. The Bertz CT molecular complexity index is 1040. The van der Waals surface area contributed by atoms with Crippen LogP contribution in [0.5, 0.6) is 11.5 Å². The Morgan fingerprint density at radius 3 is 2.21 bits per heavy atom. The van der Waals surface area contributed by atoms with Gasteiger partial charge in [-0.05, 0) is 35.2 Å². The summed E-state index contributed by atoms with van der Waals surface area (Å²) in [6.45, 7) is -0.273. The molecule has 3 rings (SSSR count). The third kappa shape index (κ3) is 4.91. The Balaban J connectivity index is 1.89. The van der Waals surface area contributed by atoms with Crippen LogP contribution in [0.4, 0.5) is 26.3 Å². The molecule has 3 aromatic rings. The van der Waals surface area contributed by atoms with Gasteiger partial charge in [-0.2, -0.15) is 13.2 Å². The van der Waals surface area contributed by atoms with Gasteiger partial charge in [0.05, 0.1) is 4.70 Å². The van der Waals surface area contributed by atoms with Gasteiger partial charge < -0.3 is 14.6 Å². The summed E-state index contributed by atoms with van der Waals surface area (Å²) < 4.78 is 84.7. The molecule has 0 aliphatic heterocycles. The highest BCUT2D eigenvalue weighted by Crippen LogP contribution is 2.43. The smallest absolute Gasteiger partial charge is 0.486 e. The number of carbonyl (C=O) groups is 1. The maximum atomic E-state index is 13.0. The quantitative estimate of drug-likeness (QED) is 0.492. The van der Waals surface area contributed by atoms with Crippen molar-refractivity contribution in [2.75, 3.05) is 0 Å². The lowest BCUT2D eigenvalue weighted by Gasteiger charge is -2.12. The molecule has 0 saturated carbocycles. The van der Waals surface area contributed by atoms with E-state index in [1.807, 2.05) is 0 Å². The fraction of sp³-hybridized carbons (Fsp3) is 0.167. The number of halogens is 6. The van der Waals surface area contributed by atoms with E-state index in [4.69, 9.17) is 4.74 Å². The molecule has 11 heteroatoms. The highest BCUT2D eigenvalue weighted by molar-refractivity contribution is 7.19. The number of ether oxygens (including phenoxy) is 2. The van der Waals surface area contributed by atoms with Crippen molar-refractivity contribution in [3.05, 3.63) is 58.5 Å². The molecule has 0 atom stereocenters. The monoisotopic (exact) mass is 436 g/mol. The minimum Gasteiger partial charge on any atom is -0.486 e. The lowest BCUT2D eigenvalue weighted by atomic mass is 10.1. The summed E-state index contributed by atoms with van der Waals surface area (Å²) >= 11 is 0.348. The Morgan fingerprint density at radius 1 is 1.00 bits per heavy atom. The fourth-order valence-corrected chi connectivity index (χ4v) is 3.50. The van der Waals surface area contributed by atoms with Crippen LogP contribution < -0.4 is 9.47 Å². The van der Waals surface area contributed by atoms with Crippen LogP contribution in [0.15, 0.2) is 42.5 Å². The predicted molar refractivity (Wildman–Crippen MR) is 91.2 cm³/mol. The van der Waals surface area contributed by atoms with E-state index in [9.17, 15) is 36.2 Å². The third-order valence-corrected chi connectivity index (χ3v) is 4.89. The molecular weight excluding hydrogens is 426 g/mol. The molecule has 0 aliphatic rings. The average molecular weight is 436 g/mol. The summed E-state index contributed by atoms with van der Waals surface area (Å²) in [7, 11) is 0. The van der Waals surface area contributed by atoms with Gasteiger partial charge in [-0.1, -0.05) is 18.2 Å². The van der Waals surface area contributed by atoms with Crippen molar-refractivity contribution in [2.45, 2.75) is 19.1 Å². The van der Waals surface area contributed by atoms with Gasteiger partial charge in [-0.3, -0.25) is 0 Å². The van der Waals surface area contributed by atoms with E-state index in [1.165, 1.54) is 18.2 Å². The third-order valence-electron chi connectivity index (χ3n) is 3.69. The van der Waals surface area contributed by atoms with Crippen LogP contribution in [0.2, 0.25) is 0 Å². The van der Waals surface area contributed by atoms with Crippen molar-refractivity contribution in [1.82, 2.24) is 0 Å². The average Bonchev–Trinajstić information content (AvgIpc) is 3.04. The molecule has 0 unspecified atom stereocenters. The molecule has 1 heterocycles. The number of fused-ring (bicyclic) bond motifs is 1. The molecule has 1 aromatic heterocycles. The van der Waals surface area contributed by atoms with Crippen LogP contribution in [-0.2, 0) is 12.8 Å². The second kappa shape index (κ2) is 7.47.